The Kier molecular flexibility index (Phi) is 6.72. The Morgan fingerprint density at radius 2 is 1.86 bits per heavy atom. The number of amides is 2. The summed E-state index contributed by atoms with van der Waals surface area (Å²) in [6.45, 7) is 4.74. The second-order valence-electron chi connectivity index (χ2n) is 6.31. The maximum atomic E-state index is 13.1. The van der Waals surface area contributed by atoms with Crippen LogP contribution in [0.1, 0.15) is 6.42 Å². The molecule has 0 radical (unpaired) electrons. The fourth-order valence-corrected chi connectivity index (χ4v) is 4.51. The van der Waals surface area contributed by atoms with E-state index in [-0.39, 0.29) is 24.5 Å². The highest BCUT2D eigenvalue weighted by Crippen LogP contribution is 2.34. The van der Waals surface area contributed by atoms with Crippen LogP contribution in [-0.4, -0.2) is 70.2 Å². The largest absolute Gasteiger partial charge is 0.486 e. The van der Waals surface area contributed by atoms with Crippen LogP contribution in [0.25, 0.3) is 0 Å². The third-order valence-corrected chi connectivity index (χ3v) is 6.21. The van der Waals surface area contributed by atoms with Crippen LogP contribution in [0, 0.1) is 0 Å². The molecule has 2 aliphatic rings. The lowest BCUT2D eigenvalue weighted by molar-refractivity contribution is -0.140. The van der Waals surface area contributed by atoms with Crippen molar-refractivity contribution in [2.75, 3.05) is 39.5 Å². The quantitative estimate of drug-likeness (QED) is 0.470. The summed E-state index contributed by atoms with van der Waals surface area (Å²) in [5, 5.41) is 4.75. The number of fused-ring (bicyclic) bond motifs is 1. The van der Waals surface area contributed by atoms with E-state index in [0.717, 1.165) is 0 Å². The smallest absolute Gasteiger partial charge is 0.309 e. The molecule has 29 heavy (non-hydrogen) atoms. The van der Waals surface area contributed by atoms with Crippen molar-refractivity contribution in [1.29, 1.82) is 0 Å². The molecule has 158 valence electrons. The SMILES string of the molecule is C=CCNC(=O)C(=O)NCC1OCCCN1S(=O)(=O)c1ccc2c(c1)OCCO2. The Labute approximate surface area is 168 Å². The lowest BCUT2D eigenvalue weighted by Gasteiger charge is -2.34. The molecule has 0 aromatic heterocycles. The number of nitrogens with zero attached hydrogens (tertiary/aromatic N) is 1. The number of benzene rings is 1. The number of carbonyl (C=O) groups excluding carboxylic acids is 2. The molecule has 1 unspecified atom stereocenters. The first-order valence-corrected chi connectivity index (χ1v) is 10.6. The van der Waals surface area contributed by atoms with Gasteiger partial charge in [-0.05, 0) is 18.6 Å². The van der Waals surface area contributed by atoms with E-state index in [4.69, 9.17) is 14.2 Å². The monoisotopic (exact) mass is 425 g/mol. The summed E-state index contributed by atoms with van der Waals surface area (Å²) >= 11 is 0. The van der Waals surface area contributed by atoms with Gasteiger partial charge >= 0.3 is 11.8 Å². The van der Waals surface area contributed by atoms with Gasteiger partial charge < -0.3 is 24.8 Å². The number of hydrogen-bond acceptors (Lipinski definition) is 7. The van der Waals surface area contributed by atoms with Gasteiger partial charge in [0.25, 0.3) is 0 Å². The molecule has 3 rings (SSSR count). The molecule has 0 spiro atoms. The van der Waals surface area contributed by atoms with Gasteiger partial charge in [-0.1, -0.05) is 6.08 Å². The van der Waals surface area contributed by atoms with Gasteiger partial charge in [-0.25, -0.2) is 8.42 Å². The number of rotatable bonds is 6. The van der Waals surface area contributed by atoms with Crippen molar-refractivity contribution in [1.82, 2.24) is 14.9 Å². The summed E-state index contributed by atoms with van der Waals surface area (Å²) in [6, 6.07) is 4.40. The van der Waals surface area contributed by atoms with Gasteiger partial charge in [-0.3, -0.25) is 9.59 Å². The van der Waals surface area contributed by atoms with Gasteiger partial charge in [0, 0.05) is 19.2 Å². The minimum absolute atomic E-state index is 0.0345. The molecule has 2 amide bonds. The van der Waals surface area contributed by atoms with E-state index in [2.05, 4.69) is 17.2 Å². The van der Waals surface area contributed by atoms with Crippen LogP contribution in [0.4, 0.5) is 0 Å². The molecule has 1 atom stereocenters. The van der Waals surface area contributed by atoms with Gasteiger partial charge in [-0.2, -0.15) is 4.31 Å². The Balaban J connectivity index is 1.72. The molecule has 0 bridgehead atoms. The predicted octanol–water partition coefficient (Wildman–Crippen LogP) is -0.387. The summed E-state index contributed by atoms with van der Waals surface area (Å²) in [6.07, 6.45) is 1.02. The van der Waals surface area contributed by atoms with Gasteiger partial charge in [0.2, 0.25) is 10.0 Å². The summed E-state index contributed by atoms with van der Waals surface area (Å²) in [4.78, 5) is 23.5. The van der Waals surface area contributed by atoms with E-state index >= 15 is 0 Å². The van der Waals surface area contributed by atoms with Crippen LogP contribution < -0.4 is 20.1 Å². The standard InChI is InChI=1S/C18H23N3O7S/c1-2-6-19-17(22)18(23)20-12-16-21(7-3-8-28-16)29(24,25)13-4-5-14-15(11-13)27-10-9-26-14/h2,4-5,11,16H,1,3,6-10,12H2,(H,19,22)(H,20,23). The van der Waals surface area contributed by atoms with Crippen LogP contribution in [-0.2, 0) is 24.3 Å². The van der Waals surface area contributed by atoms with Gasteiger partial charge in [0.1, 0.15) is 19.4 Å². The highest BCUT2D eigenvalue weighted by atomic mass is 32.2. The zero-order chi connectivity index (χ0) is 20.9. The Morgan fingerprint density at radius 1 is 1.14 bits per heavy atom. The molecule has 0 saturated carbocycles. The molecule has 11 heteroatoms. The molecule has 1 saturated heterocycles. The number of hydrogen-bond donors (Lipinski definition) is 2. The normalized spacial score (nSPS) is 19.2. The molecule has 2 aliphatic heterocycles. The average molecular weight is 425 g/mol. The topological polar surface area (TPSA) is 123 Å². The molecule has 0 aliphatic carbocycles. The summed E-state index contributed by atoms with van der Waals surface area (Å²) < 4.78 is 43.9. The van der Waals surface area contributed by atoms with E-state index in [1.807, 2.05) is 0 Å². The summed E-state index contributed by atoms with van der Waals surface area (Å²) in [5.74, 6) is -0.863. The number of nitrogens with one attached hydrogen (secondary N) is 2. The van der Waals surface area contributed by atoms with Crippen LogP contribution in [0.5, 0.6) is 11.5 Å². The van der Waals surface area contributed by atoms with Crippen LogP contribution in [0.2, 0.25) is 0 Å². The first-order chi connectivity index (χ1) is 13.9. The second-order valence-corrected chi connectivity index (χ2v) is 8.20. The molecular weight excluding hydrogens is 402 g/mol. The van der Waals surface area contributed by atoms with Crippen LogP contribution in [0.3, 0.4) is 0 Å². The molecular formula is C18H23N3O7S. The van der Waals surface area contributed by atoms with Gasteiger partial charge in [0.15, 0.2) is 11.5 Å². The zero-order valence-electron chi connectivity index (χ0n) is 15.8. The molecule has 2 heterocycles. The summed E-state index contributed by atoms with van der Waals surface area (Å²) in [5.41, 5.74) is 0. The van der Waals surface area contributed by atoms with Crippen molar-refractivity contribution < 1.29 is 32.2 Å². The minimum Gasteiger partial charge on any atom is -0.486 e. The third kappa shape index (κ3) is 4.86. The maximum Gasteiger partial charge on any atom is 0.309 e. The van der Waals surface area contributed by atoms with Gasteiger partial charge in [-0.15, -0.1) is 6.58 Å². The first kappa shape index (κ1) is 21.1. The number of sulfonamides is 1. The predicted molar refractivity (Wildman–Crippen MR) is 102 cm³/mol. The van der Waals surface area contributed by atoms with E-state index in [1.165, 1.54) is 22.5 Å². The lowest BCUT2D eigenvalue weighted by atomic mass is 10.3. The van der Waals surface area contributed by atoms with Crippen molar-refractivity contribution >= 4 is 21.8 Å². The van der Waals surface area contributed by atoms with E-state index in [9.17, 15) is 18.0 Å². The Bertz CT molecular complexity index is 887. The Hall–Kier alpha value is -2.63. The first-order valence-electron chi connectivity index (χ1n) is 9.13. The highest BCUT2D eigenvalue weighted by Gasteiger charge is 2.35. The van der Waals surface area contributed by atoms with Gasteiger partial charge in [0.05, 0.1) is 18.0 Å². The summed E-state index contributed by atoms with van der Waals surface area (Å²) in [7, 11) is -3.92. The molecule has 1 fully saturated rings. The van der Waals surface area contributed by atoms with E-state index in [1.54, 1.807) is 6.07 Å². The van der Waals surface area contributed by atoms with Crippen LogP contribution in [0.15, 0.2) is 35.7 Å². The molecule has 2 N–H and O–H groups in total. The number of carbonyl (C=O) groups is 2. The second kappa shape index (κ2) is 9.25. The number of ether oxygens (including phenoxy) is 3. The molecule has 1 aromatic rings. The van der Waals surface area contributed by atoms with Crippen molar-refractivity contribution in [3.05, 3.63) is 30.9 Å². The zero-order valence-corrected chi connectivity index (χ0v) is 16.6. The van der Waals surface area contributed by atoms with E-state index < -0.39 is 28.1 Å². The van der Waals surface area contributed by atoms with Crippen LogP contribution >= 0.6 is 0 Å². The minimum atomic E-state index is -3.92. The van der Waals surface area contributed by atoms with Crippen molar-refractivity contribution in [2.45, 2.75) is 17.5 Å². The fourth-order valence-electron chi connectivity index (χ4n) is 2.93. The highest BCUT2D eigenvalue weighted by molar-refractivity contribution is 7.89. The van der Waals surface area contributed by atoms with Crippen molar-refractivity contribution in [3.8, 4) is 11.5 Å². The maximum absolute atomic E-state index is 13.1. The average Bonchev–Trinajstić information content (AvgIpc) is 2.75. The third-order valence-electron chi connectivity index (χ3n) is 4.32. The Morgan fingerprint density at radius 3 is 2.62 bits per heavy atom. The van der Waals surface area contributed by atoms with E-state index in [0.29, 0.717) is 37.7 Å². The van der Waals surface area contributed by atoms with Crippen molar-refractivity contribution in [2.24, 2.45) is 0 Å². The van der Waals surface area contributed by atoms with Crippen molar-refractivity contribution in [3.63, 3.8) is 0 Å². The molecule has 10 nitrogen and oxygen atoms in total. The fraction of sp³-hybridized carbons (Fsp3) is 0.444. The lowest BCUT2D eigenvalue weighted by Crippen LogP contribution is -2.53. The molecule has 1 aromatic carbocycles.